The predicted octanol–water partition coefficient (Wildman–Crippen LogP) is 3.99. The number of ether oxygens (including phenoxy) is 1. The van der Waals surface area contributed by atoms with E-state index in [1.54, 1.807) is 0 Å². The van der Waals surface area contributed by atoms with Crippen LogP contribution in [-0.4, -0.2) is 16.4 Å². The van der Waals surface area contributed by atoms with Gasteiger partial charge in [0, 0.05) is 18.4 Å². The van der Waals surface area contributed by atoms with E-state index in [1.807, 2.05) is 35.0 Å². The molecule has 2 aromatic rings. The fourth-order valence-electron chi connectivity index (χ4n) is 2.02. The molecule has 0 unspecified atom stereocenters. The van der Waals surface area contributed by atoms with Gasteiger partial charge in [0.1, 0.15) is 11.6 Å². The van der Waals surface area contributed by atoms with Crippen LogP contribution in [0.3, 0.4) is 0 Å². The monoisotopic (exact) mass is 351 g/mol. The van der Waals surface area contributed by atoms with Crippen LogP contribution in [0.25, 0.3) is 0 Å². The van der Waals surface area contributed by atoms with Crippen molar-refractivity contribution in [3.05, 3.63) is 40.5 Å². The van der Waals surface area contributed by atoms with Gasteiger partial charge in [0.15, 0.2) is 0 Å². The molecule has 1 aromatic heterocycles. The Bertz CT molecular complexity index is 588. The molecule has 0 fully saturated rings. The normalized spacial score (nSPS) is 11.6. The van der Waals surface area contributed by atoms with Crippen molar-refractivity contribution in [2.45, 2.75) is 39.2 Å². The molecule has 0 atom stereocenters. The predicted molar refractivity (Wildman–Crippen MR) is 89.6 cm³/mol. The van der Waals surface area contributed by atoms with Crippen molar-refractivity contribution < 1.29 is 4.74 Å². The van der Waals surface area contributed by atoms with Gasteiger partial charge in [-0.2, -0.15) is 5.10 Å². The summed E-state index contributed by atoms with van der Waals surface area (Å²) < 4.78 is 8.43. The molecule has 21 heavy (non-hydrogen) atoms. The topological polar surface area (TPSA) is 53.1 Å². The van der Waals surface area contributed by atoms with E-state index in [0.29, 0.717) is 12.4 Å². The molecule has 0 amide bonds. The van der Waals surface area contributed by atoms with Crippen LogP contribution < -0.4 is 10.5 Å². The van der Waals surface area contributed by atoms with Crippen LogP contribution >= 0.6 is 15.9 Å². The summed E-state index contributed by atoms with van der Waals surface area (Å²) in [6, 6.07) is 9.82. The first-order chi connectivity index (χ1) is 9.89. The van der Waals surface area contributed by atoms with E-state index in [0.717, 1.165) is 28.9 Å². The van der Waals surface area contributed by atoms with E-state index in [1.165, 1.54) is 0 Å². The Morgan fingerprint density at radius 2 is 1.90 bits per heavy atom. The number of hydrogen-bond acceptors (Lipinski definition) is 3. The summed E-state index contributed by atoms with van der Waals surface area (Å²) in [6.45, 7) is 7.77. The second kappa shape index (κ2) is 6.52. The number of hydrogen-bond donors (Lipinski definition) is 1. The highest BCUT2D eigenvalue weighted by atomic mass is 79.9. The fraction of sp³-hybridized carbons (Fsp3) is 0.438. The molecule has 0 saturated heterocycles. The highest BCUT2D eigenvalue weighted by molar-refractivity contribution is 9.10. The maximum Gasteiger partial charge on any atom is 0.136 e. The number of aromatic nitrogens is 2. The van der Waals surface area contributed by atoms with E-state index in [4.69, 9.17) is 10.5 Å². The summed E-state index contributed by atoms with van der Waals surface area (Å²) in [5.74, 6) is 1.57. The maximum atomic E-state index is 6.11. The number of nitrogen functional groups attached to an aromatic ring is 1. The van der Waals surface area contributed by atoms with Gasteiger partial charge in [-0.3, -0.25) is 0 Å². The molecule has 0 aliphatic carbocycles. The summed E-state index contributed by atoms with van der Waals surface area (Å²) >= 11 is 3.54. The highest BCUT2D eigenvalue weighted by Gasteiger charge is 2.24. The molecule has 2 rings (SSSR count). The molecule has 114 valence electrons. The van der Waals surface area contributed by atoms with Crippen molar-refractivity contribution in [3.8, 4) is 5.75 Å². The third-order valence-electron chi connectivity index (χ3n) is 3.17. The maximum absolute atomic E-state index is 6.11. The average Bonchev–Trinajstić information content (AvgIpc) is 2.73. The largest absolute Gasteiger partial charge is 0.494 e. The first-order valence-corrected chi connectivity index (χ1v) is 7.89. The van der Waals surface area contributed by atoms with E-state index in [9.17, 15) is 0 Å². The van der Waals surface area contributed by atoms with Crippen LogP contribution in [0.1, 0.15) is 32.9 Å². The van der Waals surface area contributed by atoms with Crippen LogP contribution in [0, 0.1) is 0 Å². The Morgan fingerprint density at radius 1 is 1.24 bits per heavy atom. The Balaban J connectivity index is 1.92. The minimum atomic E-state index is -0.0290. The minimum absolute atomic E-state index is 0.0290. The third-order valence-corrected chi connectivity index (χ3v) is 3.95. The minimum Gasteiger partial charge on any atom is -0.494 e. The molecule has 5 heteroatoms. The fourth-order valence-corrected chi connectivity index (χ4v) is 2.90. The van der Waals surface area contributed by atoms with Gasteiger partial charge < -0.3 is 10.5 Å². The van der Waals surface area contributed by atoms with E-state index in [2.05, 4.69) is 41.8 Å². The quantitative estimate of drug-likeness (QED) is 0.828. The molecule has 1 aromatic carbocycles. The number of nitrogens with zero attached hydrogens (tertiary/aromatic N) is 2. The van der Waals surface area contributed by atoms with Crippen molar-refractivity contribution in [2.24, 2.45) is 0 Å². The van der Waals surface area contributed by atoms with Crippen LogP contribution in [0.15, 0.2) is 34.8 Å². The first kappa shape index (κ1) is 15.9. The molecule has 1 heterocycles. The number of para-hydroxylation sites is 1. The molecule has 2 N–H and O–H groups in total. The molecule has 0 saturated carbocycles. The van der Waals surface area contributed by atoms with Gasteiger partial charge in [0.2, 0.25) is 0 Å². The van der Waals surface area contributed by atoms with Gasteiger partial charge in [-0.25, -0.2) is 4.68 Å². The Morgan fingerprint density at radius 3 is 2.48 bits per heavy atom. The number of anilines is 1. The molecular weight excluding hydrogens is 330 g/mol. The van der Waals surface area contributed by atoms with Crippen molar-refractivity contribution in [1.29, 1.82) is 0 Å². The number of halogens is 1. The summed E-state index contributed by atoms with van der Waals surface area (Å²) in [7, 11) is 0. The molecule has 4 nitrogen and oxygen atoms in total. The van der Waals surface area contributed by atoms with Crippen LogP contribution in [0.4, 0.5) is 5.82 Å². The van der Waals surface area contributed by atoms with E-state index >= 15 is 0 Å². The smallest absolute Gasteiger partial charge is 0.136 e. The molecule has 0 aliphatic heterocycles. The SMILES string of the molecule is CC(C)(C)c1nn(CCCOc2ccccc2)c(N)c1Br. The highest BCUT2D eigenvalue weighted by Crippen LogP contribution is 2.32. The van der Waals surface area contributed by atoms with Gasteiger partial charge in [0.25, 0.3) is 0 Å². The Kier molecular flexibility index (Phi) is 4.93. The zero-order valence-corrected chi connectivity index (χ0v) is 14.4. The van der Waals surface area contributed by atoms with E-state index < -0.39 is 0 Å². The zero-order valence-electron chi connectivity index (χ0n) is 12.8. The standard InChI is InChI=1S/C16H22BrN3O/c1-16(2,3)14-13(17)15(18)20(19-14)10-7-11-21-12-8-5-4-6-9-12/h4-6,8-9H,7,10-11,18H2,1-3H3. The Labute approximate surface area is 134 Å². The second-order valence-corrected chi connectivity index (χ2v) is 6.83. The molecule has 0 aliphatic rings. The lowest BCUT2D eigenvalue weighted by Crippen LogP contribution is -2.14. The van der Waals surface area contributed by atoms with Gasteiger partial charge >= 0.3 is 0 Å². The Hall–Kier alpha value is -1.49. The third kappa shape index (κ3) is 4.00. The number of nitrogens with two attached hydrogens (primary N) is 1. The lowest BCUT2D eigenvalue weighted by molar-refractivity contribution is 0.298. The second-order valence-electron chi connectivity index (χ2n) is 6.04. The van der Waals surface area contributed by atoms with Gasteiger partial charge in [-0.1, -0.05) is 39.0 Å². The number of rotatable bonds is 5. The van der Waals surface area contributed by atoms with Crippen molar-refractivity contribution in [3.63, 3.8) is 0 Å². The summed E-state index contributed by atoms with van der Waals surface area (Å²) in [5, 5.41) is 4.61. The summed E-state index contributed by atoms with van der Waals surface area (Å²) in [6.07, 6.45) is 0.858. The molecule has 0 bridgehead atoms. The van der Waals surface area contributed by atoms with E-state index in [-0.39, 0.29) is 5.41 Å². The van der Waals surface area contributed by atoms with Crippen LogP contribution in [0.5, 0.6) is 5.75 Å². The lowest BCUT2D eigenvalue weighted by Gasteiger charge is -2.15. The van der Waals surface area contributed by atoms with Gasteiger partial charge in [0.05, 0.1) is 16.8 Å². The molecular formula is C16H22BrN3O. The molecule has 0 spiro atoms. The van der Waals surface area contributed by atoms with Crippen LogP contribution in [-0.2, 0) is 12.0 Å². The van der Waals surface area contributed by atoms with Crippen molar-refractivity contribution in [2.75, 3.05) is 12.3 Å². The number of aryl methyl sites for hydroxylation is 1. The average molecular weight is 352 g/mol. The molecule has 0 radical (unpaired) electrons. The summed E-state index contributed by atoms with van der Waals surface area (Å²) in [4.78, 5) is 0. The van der Waals surface area contributed by atoms with Crippen LogP contribution in [0.2, 0.25) is 0 Å². The van der Waals surface area contributed by atoms with Gasteiger partial charge in [-0.05, 0) is 28.1 Å². The zero-order chi connectivity index (χ0) is 15.5. The lowest BCUT2D eigenvalue weighted by atomic mass is 9.92. The summed E-state index contributed by atoms with van der Waals surface area (Å²) in [5.41, 5.74) is 7.07. The number of benzene rings is 1. The van der Waals surface area contributed by atoms with Gasteiger partial charge in [-0.15, -0.1) is 0 Å². The van der Waals surface area contributed by atoms with Crippen molar-refractivity contribution >= 4 is 21.7 Å². The van der Waals surface area contributed by atoms with Crippen molar-refractivity contribution in [1.82, 2.24) is 9.78 Å². The first-order valence-electron chi connectivity index (χ1n) is 7.09.